The van der Waals surface area contributed by atoms with Gasteiger partial charge in [-0.2, -0.15) is 0 Å². The van der Waals surface area contributed by atoms with Crippen LogP contribution in [0.1, 0.15) is 29.1 Å². The highest BCUT2D eigenvalue weighted by Crippen LogP contribution is 2.64. The molecule has 1 atom stereocenters. The van der Waals surface area contributed by atoms with Crippen molar-refractivity contribution in [1.29, 1.82) is 0 Å². The highest BCUT2D eigenvalue weighted by molar-refractivity contribution is 6.10. The van der Waals surface area contributed by atoms with Crippen molar-refractivity contribution in [3.8, 4) is 33.4 Å². The fourth-order valence-electron chi connectivity index (χ4n) is 11.0. The molecule has 0 aliphatic heterocycles. The van der Waals surface area contributed by atoms with Crippen LogP contribution >= 0.6 is 0 Å². The monoisotopic (exact) mass is 834 g/mol. The van der Waals surface area contributed by atoms with Gasteiger partial charge >= 0.3 is 0 Å². The SMILES string of the molecule is [2H]c1c([2H])c([2H])c(N(c2ccccc2)c2ccc3c(c2)C2(c4ccccc4-c4ccc(N(c5ccc6c(c5)c5ccccc5n6C)c5ccccc5-c5ccccc5)cc42)c2ccccc2-3)c([2H])c1[2H]. The Balaban J connectivity index is 1.09. The Labute approximate surface area is 386 Å². The Hall–Kier alpha value is -8.40. The first-order chi connectivity index (χ1) is 34.3. The quantitative estimate of drug-likeness (QED) is 0.158. The summed E-state index contributed by atoms with van der Waals surface area (Å²) in [6.07, 6.45) is 0. The van der Waals surface area contributed by atoms with E-state index in [2.05, 4.69) is 192 Å². The predicted octanol–water partition coefficient (Wildman–Crippen LogP) is 16.3. The second-order valence-electron chi connectivity index (χ2n) is 16.9. The molecule has 1 unspecified atom stereocenters. The van der Waals surface area contributed by atoms with Gasteiger partial charge in [-0.25, -0.2) is 0 Å². The summed E-state index contributed by atoms with van der Waals surface area (Å²) in [5.41, 5.74) is 17.3. The molecule has 0 amide bonds. The zero-order valence-corrected chi connectivity index (χ0v) is 35.5. The first-order valence-corrected chi connectivity index (χ1v) is 22.1. The average molecular weight is 835 g/mol. The van der Waals surface area contributed by atoms with Crippen molar-refractivity contribution in [1.82, 2.24) is 4.57 Å². The second kappa shape index (κ2) is 14.6. The standard InChI is InChI=1S/C62H43N3/c1-63-59-31-17-14-28-53(59)54-39-45(35-38-60(54)63)65(61-32-18-13-25-48(61)42-19-5-2-6-20-42)47-34-37-52-50-27-12-16-30-56(50)62(58(52)41-47)55-29-15-11-26-49(55)51-36-33-46(40-57(51)62)64(43-21-7-3-8-22-43)44-23-9-4-10-24-44/h2-41H,1H3/i3D,7D,8D,21D,22D. The van der Waals surface area contributed by atoms with Crippen molar-refractivity contribution in [3.05, 3.63) is 265 Å². The van der Waals surface area contributed by atoms with E-state index < -0.39 is 11.5 Å². The molecular formula is C62H43N3. The number of rotatable bonds is 7. The van der Waals surface area contributed by atoms with Gasteiger partial charge in [0.1, 0.15) is 0 Å². The van der Waals surface area contributed by atoms with Crippen LogP contribution in [-0.4, -0.2) is 4.57 Å². The maximum absolute atomic E-state index is 9.22. The summed E-state index contributed by atoms with van der Waals surface area (Å²) in [4.78, 5) is 4.23. The van der Waals surface area contributed by atoms with E-state index in [4.69, 9.17) is 4.11 Å². The van der Waals surface area contributed by atoms with E-state index in [0.29, 0.717) is 11.4 Å². The number of hydrogen-bond donors (Lipinski definition) is 0. The molecule has 10 aromatic carbocycles. The van der Waals surface area contributed by atoms with E-state index >= 15 is 0 Å². The Morgan fingerprint density at radius 1 is 0.369 bits per heavy atom. The average Bonchev–Trinajstić information content (AvgIpc) is 3.99. The first-order valence-electron chi connectivity index (χ1n) is 24.6. The van der Waals surface area contributed by atoms with Crippen LogP contribution in [0.4, 0.5) is 34.1 Å². The Bertz CT molecular complexity index is 3900. The lowest BCUT2D eigenvalue weighted by Gasteiger charge is -2.33. The van der Waals surface area contributed by atoms with Crippen LogP contribution in [0.2, 0.25) is 0 Å². The number of hydrogen-bond acceptors (Lipinski definition) is 2. The van der Waals surface area contributed by atoms with E-state index in [1.54, 1.807) is 0 Å². The molecule has 2 aliphatic carbocycles. The van der Waals surface area contributed by atoms with Gasteiger partial charge < -0.3 is 14.4 Å². The van der Waals surface area contributed by atoms with Gasteiger partial charge in [0.25, 0.3) is 0 Å². The van der Waals surface area contributed by atoms with Crippen molar-refractivity contribution < 1.29 is 6.85 Å². The third-order valence-electron chi connectivity index (χ3n) is 13.7. The highest BCUT2D eigenvalue weighted by atomic mass is 15.2. The summed E-state index contributed by atoms with van der Waals surface area (Å²) in [6.45, 7) is 0. The number of anilines is 6. The predicted molar refractivity (Wildman–Crippen MR) is 272 cm³/mol. The van der Waals surface area contributed by atoms with Crippen LogP contribution in [0.5, 0.6) is 0 Å². The molecule has 65 heavy (non-hydrogen) atoms. The molecule has 0 saturated heterocycles. The first kappa shape index (κ1) is 32.3. The molecule has 3 nitrogen and oxygen atoms in total. The molecule has 3 heteroatoms. The topological polar surface area (TPSA) is 11.4 Å². The maximum Gasteiger partial charge on any atom is 0.0727 e. The van der Waals surface area contributed by atoms with Crippen molar-refractivity contribution in [2.75, 3.05) is 9.80 Å². The van der Waals surface area contributed by atoms with Gasteiger partial charge in [-0.1, -0.05) is 164 Å². The van der Waals surface area contributed by atoms with Gasteiger partial charge in [-0.15, -0.1) is 0 Å². The molecule has 0 radical (unpaired) electrons. The third-order valence-corrected chi connectivity index (χ3v) is 13.7. The van der Waals surface area contributed by atoms with E-state index in [0.717, 1.165) is 78.2 Å². The lowest BCUT2D eigenvalue weighted by molar-refractivity contribution is 0.793. The van der Waals surface area contributed by atoms with Crippen molar-refractivity contribution in [2.24, 2.45) is 7.05 Å². The molecule has 2 aliphatic rings. The fourth-order valence-corrected chi connectivity index (χ4v) is 11.0. The number of para-hydroxylation sites is 4. The maximum atomic E-state index is 9.22. The number of aryl methyl sites for hydroxylation is 1. The fraction of sp³-hybridized carbons (Fsp3) is 0.0323. The minimum atomic E-state index is -0.795. The number of fused-ring (bicyclic) bond motifs is 13. The van der Waals surface area contributed by atoms with E-state index in [-0.39, 0.29) is 29.9 Å². The molecule has 0 N–H and O–H groups in total. The zero-order valence-electron chi connectivity index (χ0n) is 40.5. The van der Waals surface area contributed by atoms with Crippen LogP contribution in [0.25, 0.3) is 55.2 Å². The Morgan fingerprint density at radius 2 is 0.877 bits per heavy atom. The summed E-state index contributed by atoms with van der Waals surface area (Å²) in [6, 6.07) is 73.2. The molecule has 13 rings (SSSR count). The minimum Gasteiger partial charge on any atom is -0.344 e. The summed E-state index contributed by atoms with van der Waals surface area (Å²) >= 11 is 0. The van der Waals surface area contributed by atoms with Crippen LogP contribution in [0.3, 0.4) is 0 Å². The smallest absolute Gasteiger partial charge is 0.0727 e. The molecule has 0 fully saturated rings. The van der Waals surface area contributed by atoms with Gasteiger partial charge in [-0.3, -0.25) is 0 Å². The lowest BCUT2D eigenvalue weighted by Crippen LogP contribution is -2.26. The van der Waals surface area contributed by atoms with E-state index in [1.165, 1.54) is 16.3 Å². The van der Waals surface area contributed by atoms with Crippen LogP contribution in [0.15, 0.2) is 243 Å². The summed E-state index contributed by atoms with van der Waals surface area (Å²) in [7, 11) is 2.14. The van der Waals surface area contributed by atoms with Crippen LogP contribution in [0, 0.1) is 0 Å². The van der Waals surface area contributed by atoms with Gasteiger partial charge in [0, 0.05) is 62.9 Å². The number of aromatic nitrogens is 1. The molecule has 0 saturated carbocycles. The minimum absolute atomic E-state index is 0.0899. The van der Waals surface area contributed by atoms with Gasteiger partial charge in [-0.05, 0) is 129 Å². The van der Waals surface area contributed by atoms with Crippen molar-refractivity contribution in [3.63, 3.8) is 0 Å². The van der Waals surface area contributed by atoms with Crippen LogP contribution < -0.4 is 9.80 Å². The molecule has 0 bridgehead atoms. The summed E-state index contributed by atoms with van der Waals surface area (Å²) < 4.78 is 46.6. The molecule has 1 aromatic heterocycles. The highest BCUT2D eigenvalue weighted by Gasteiger charge is 2.52. The number of nitrogens with zero attached hydrogens (tertiary/aromatic N) is 3. The van der Waals surface area contributed by atoms with E-state index in [9.17, 15) is 2.74 Å². The molecule has 11 aromatic rings. The number of benzene rings is 10. The Kier molecular flexibility index (Phi) is 7.25. The molecule has 306 valence electrons. The summed E-state index contributed by atoms with van der Waals surface area (Å²) in [5, 5.41) is 2.38. The molecule has 1 heterocycles. The third kappa shape index (κ3) is 5.49. The normalized spacial score (nSPS) is 15.4. The van der Waals surface area contributed by atoms with Gasteiger partial charge in [0.05, 0.1) is 18.0 Å². The Morgan fingerprint density at radius 3 is 1.57 bits per heavy atom. The van der Waals surface area contributed by atoms with Crippen molar-refractivity contribution in [2.45, 2.75) is 5.41 Å². The second-order valence-corrected chi connectivity index (χ2v) is 16.9. The lowest BCUT2D eigenvalue weighted by atomic mass is 9.70. The van der Waals surface area contributed by atoms with Gasteiger partial charge in [0.2, 0.25) is 0 Å². The molecular weight excluding hydrogens is 787 g/mol. The zero-order chi connectivity index (χ0) is 47.4. The largest absolute Gasteiger partial charge is 0.344 e. The van der Waals surface area contributed by atoms with Gasteiger partial charge in [0.15, 0.2) is 0 Å². The van der Waals surface area contributed by atoms with Crippen molar-refractivity contribution >= 4 is 55.9 Å². The summed E-state index contributed by atoms with van der Waals surface area (Å²) in [5.74, 6) is 0. The van der Waals surface area contributed by atoms with Crippen LogP contribution in [-0.2, 0) is 12.5 Å². The molecule has 1 spiro atoms. The van der Waals surface area contributed by atoms with E-state index in [1.807, 2.05) is 41.3 Å².